The summed E-state index contributed by atoms with van der Waals surface area (Å²) in [7, 11) is 0. The van der Waals surface area contributed by atoms with Crippen LogP contribution in [-0.4, -0.2) is 23.8 Å². The number of benzene rings is 2. The van der Waals surface area contributed by atoms with Crippen molar-refractivity contribution in [1.29, 1.82) is 5.41 Å². The number of hydrogen-bond donors (Lipinski definition) is 3. The van der Waals surface area contributed by atoms with Gasteiger partial charge >= 0.3 is 0 Å². The largest absolute Gasteiger partial charge is 0.490 e. The summed E-state index contributed by atoms with van der Waals surface area (Å²) in [5.41, 5.74) is 1.62. The highest BCUT2D eigenvalue weighted by atomic mass is 19.1. The molecule has 0 saturated carbocycles. The number of fused-ring (bicyclic) bond motifs is 1. The zero-order valence-corrected chi connectivity index (χ0v) is 15.8. The van der Waals surface area contributed by atoms with Gasteiger partial charge in [0.2, 0.25) is 5.91 Å². The second kappa shape index (κ2) is 8.21. The summed E-state index contributed by atoms with van der Waals surface area (Å²) in [5.74, 6) is -1.18. The highest BCUT2D eigenvalue weighted by Crippen LogP contribution is 2.31. The summed E-state index contributed by atoms with van der Waals surface area (Å²) in [4.78, 5) is 23.5. The van der Waals surface area contributed by atoms with Crippen LogP contribution in [0.1, 0.15) is 48.2 Å². The second-order valence-corrected chi connectivity index (χ2v) is 6.71. The zero-order valence-electron chi connectivity index (χ0n) is 15.8. The van der Waals surface area contributed by atoms with E-state index in [9.17, 15) is 14.0 Å². The van der Waals surface area contributed by atoms with Gasteiger partial charge in [-0.05, 0) is 55.2 Å². The molecule has 3 rings (SSSR count). The molecule has 2 aromatic rings. The molecule has 0 bridgehead atoms. The summed E-state index contributed by atoms with van der Waals surface area (Å²) >= 11 is 0. The SMILES string of the molecule is CCC1CCc2cc(NC(=O)c3ccc(C(=N)NC(C)=O)cc3F)ccc2O1. The first-order chi connectivity index (χ1) is 13.4. The van der Waals surface area contributed by atoms with Crippen molar-refractivity contribution < 1.29 is 18.7 Å². The summed E-state index contributed by atoms with van der Waals surface area (Å²) in [6.07, 6.45) is 2.96. The van der Waals surface area contributed by atoms with Crippen LogP contribution in [0.2, 0.25) is 0 Å². The third kappa shape index (κ3) is 4.36. The first kappa shape index (κ1) is 19.5. The van der Waals surface area contributed by atoms with Crippen LogP contribution in [0.4, 0.5) is 10.1 Å². The number of carbonyl (C=O) groups is 2. The molecule has 0 saturated heterocycles. The van der Waals surface area contributed by atoms with E-state index >= 15 is 0 Å². The molecule has 28 heavy (non-hydrogen) atoms. The number of halogens is 1. The highest BCUT2D eigenvalue weighted by molar-refractivity contribution is 6.07. The molecule has 1 unspecified atom stereocenters. The van der Waals surface area contributed by atoms with Gasteiger partial charge in [0.15, 0.2) is 0 Å². The van der Waals surface area contributed by atoms with Gasteiger partial charge in [0.1, 0.15) is 17.4 Å². The van der Waals surface area contributed by atoms with Crippen molar-refractivity contribution in [2.75, 3.05) is 5.32 Å². The van der Waals surface area contributed by atoms with E-state index < -0.39 is 17.6 Å². The molecule has 1 heterocycles. The molecule has 0 fully saturated rings. The van der Waals surface area contributed by atoms with Gasteiger partial charge in [-0.15, -0.1) is 0 Å². The fourth-order valence-corrected chi connectivity index (χ4v) is 3.11. The highest BCUT2D eigenvalue weighted by Gasteiger charge is 2.19. The van der Waals surface area contributed by atoms with Crippen molar-refractivity contribution >= 4 is 23.3 Å². The van der Waals surface area contributed by atoms with Crippen molar-refractivity contribution in [3.63, 3.8) is 0 Å². The molecule has 1 aliphatic heterocycles. The van der Waals surface area contributed by atoms with E-state index in [4.69, 9.17) is 10.1 Å². The van der Waals surface area contributed by atoms with E-state index in [1.54, 1.807) is 6.07 Å². The lowest BCUT2D eigenvalue weighted by atomic mass is 10.0. The number of ether oxygens (including phenoxy) is 1. The van der Waals surface area contributed by atoms with Gasteiger partial charge in [0, 0.05) is 18.2 Å². The van der Waals surface area contributed by atoms with Gasteiger partial charge in [-0.3, -0.25) is 15.0 Å². The molecule has 1 atom stereocenters. The molecule has 3 N–H and O–H groups in total. The van der Waals surface area contributed by atoms with Gasteiger partial charge < -0.3 is 15.4 Å². The molecular weight excluding hydrogens is 361 g/mol. The number of amides is 2. The number of carbonyl (C=O) groups excluding carboxylic acids is 2. The molecule has 2 aromatic carbocycles. The lowest BCUT2D eigenvalue weighted by Gasteiger charge is -2.25. The van der Waals surface area contributed by atoms with Gasteiger partial charge in [0.05, 0.1) is 11.7 Å². The molecule has 0 aromatic heterocycles. The smallest absolute Gasteiger partial charge is 0.258 e. The fourth-order valence-electron chi connectivity index (χ4n) is 3.11. The predicted octanol–water partition coefficient (Wildman–Crippen LogP) is 3.64. The van der Waals surface area contributed by atoms with Crippen LogP contribution >= 0.6 is 0 Å². The van der Waals surface area contributed by atoms with Crippen molar-refractivity contribution in [2.45, 2.75) is 39.2 Å². The van der Waals surface area contributed by atoms with Crippen molar-refractivity contribution in [1.82, 2.24) is 5.32 Å². The molecule has 0 spiro atoms. The monoisotopic (exact) mass is 383 g/mol. The summed E-state index contributed by atoms with van der Waals surface area (Å²) in [6.45, 7) is 3.35. The van der Waals surface area contributed by atoms with Gasteiger partial charge in [-0.1, -0.05) is 13.0 Å². The summed E-state index contributed by atoms with van der Waals surface area (Å²) in [6, 6.07) is 9.16. The molecule has 0 radical (unpaired) electrons. The number of nitrogens with one attached hydrogen (secondary N) is 3. The quantitative estimate of drug-likeness (QED) is 0.556. The Morgan fingerprint density at radius 2 is 2.04 bits per heavy atom. The minimum absolute atomic E-state index is 0.139. The Balaban J connectivity index is 1.73. The first-order valence-corrected chi connectivity index (χ1v) is 9.14. The van der Waals surface area contributed by atoms with E-state index in [1.807, 2.05) is 12.1 Å². The minimum atomic E-state index is -0.766. The van der Waals surface area contributed by atoms with E-state index in [0.29, 0.717) is 5.69 Å². The van der Waals surface area contributed by atoms with Crippen LogP contribution in [-0.2, 0) is 11.2 Å². The van der Waals surface area contributed by atoms with E-state index in [-0.39, 0.29) is 23.1 Å². The number of anilines is 1. The molecule has 6 nitrogen and oxygen atoms in total. The van der Waals surface area contributed by atoms with Crippen LogP contribution in [0.5, 0.6) is 5.75 Å². The van der Waals surface area contributed by atoms with Gasteiger partial charge in [0.25, 0.3) is 5.91 Å². The Hall–Kier alpha value is -3.22. The lowest BCUT2D eigenvalue weighted by Crippen LogP contribution is -2.28. The van der Waals surface area contributed by atoms with Crippen LogP contribution in [0.25, 0.3) is 0 Å². The lowest BCUT2D eigenvalue weighted by molar-refractivity contribution is -0.117. The van der Waals surface area contributed by atoms with Gasteiger partial charge in [-0.2, -0.15) is 0 Å². The van der Waals surface area contributed by atoms with Crippen LogP contribution in [0.3, 0.4) is 0 Å². The number of amidine groups is 1. The standard InChI is InChI=1S/C21H22FN3O3/c1-3-16-7-4-13-10-15(6-9-19(13)28-16)25-21(27)17-8-5-14(11-18(17)22)20(23)24-12(2)26/h5-6,8-11,16H,3-4,7H2,1-2H3,(H,25,27)(H2,23,24,26). The average molecular weight is 383 g/mol. The Morgan fingerprint density at radius 3 is 2.71 bits per heavy atom. The molecular formula is C21H22FN3O3. The maximum absolute atomic E-state index is 14.4. The Kier molecular flexibility index (Phi) is 5.73. The van der Waals surface area contributed by atoms with Crippen molar-refractivity contribution in [3.8, 4) is 5.75 Å². The molecule has 1 aliphatic rings. The van der Waals surface area contributed by atoms with Gasteiger partial charge in [-0.25, -0.2) is 4.39 Å². The molecule has 2 amide bonds. The Labute approximate surface area is 162 Å². The predicted molar refractivity (Wildman–Crippen MR) is 104 cm³/mol. The minimum Gasteiger partial charge on any atom is -0.490 e. The van der Waals surface area contributed by atoms with Crippen LogP contribution in [0.15, 0.2) is 36.4 Å². The second-order valence-electron chi connectivity index (χ2n) is 6.71. The average Bonchev–Trinajstić information content (AvgIpc) is 2.66. The Morgan fingerprint density at radius 1 is 1.25 bits per heavy atom. The zero-order chi connectivity index (χ0) is 20.3. The summed E-state index contributed by atoms with van der Waals surface area (Å²) < 4.78 is 20.3. The molecule has 146 valence electrons. The normalized spacial score (nSPS) is 15.2. The van der Waals surface area contributed by atoms with Crippen molar-refractivity contribution in [2.24, 2.45) is 0 Å². The number of aryl methyl sites for hydroxylation is 1. The van der Waals surface area contributed by atoms with E-state index in [1.165, 1.54) is 19.1 Å². The topological polar surface area (TPSA) is 91.3 Å². The molecule has 0 aliphatic carbocycles. The van der Waals surface area contributed by atoms with E-state index in [0.717, 1.165) is 36.6 Å². The first-order valence-electron chi connectivity index (χ1n) is 9.14. The van der Waals surface area contributed by atoms with E-state index in [2.05, 4.69) is 17.6 Å². The fraction of sp³-hybridized carbons (Fsp3) is 0.286. The number of rotatable bonds is 4. The molecule has 7 heteroatoms. The van der Waals surface area contributed by atoms with Crippen molar-refractivity contribution in [3.05, 3.63) is 58.9 Å². The maximum Gasteiger partial charge on any atom is 0.258 e. The number of hydrogen-bond acceptors (Lipinski definition) is 4. The van der Waals surface area contributed by atoms with Crippen LogP contribution in [0, 0.1) is 11.2 Å². The summed E-state index contributed by atoms with van der Waals surface area (Å²) in [5, 5.41) is 12.7. The maximum atomic E-state index is 14.4. The third-order valence-electron chi connectivity index (χ3n) is 4.61. The van der Waals surface area contributed by atoms with Crippen LogP contribution < -0.4 is 15.4 Å². The third-order valence-corrected chi connectivity index (χ3v) is 4.61. The Bertz CT molecular complexity index is 942.